The van der Waals surface area contributed by atoms with E-state index in [-0.39, 0.29) is 28.4 Å². The Bertz CT molecular complexity index is 1320. The first-order chi connectivity index (χ1) is 15.4. The second-order valence-corrected chi connectivity index (χ2v) is 9.59. The minimum absolute atomic E-state index is 0.0102. The summed E-state index contributed by atoms with van der Waals surface area (Å²) in [7, 11) is 0. The van der Waals surface area contributed by atoms with Crippen LogP contribution in [-0.2, 0) is 18.2 Å². The number of hydrogen-bond donors (Lipinski definition) is 1. The van der Waals surface area contributed by atoms with Gasteiger partial charge in [0.15, 0.2) is 0 Å². The minimum atomic E-state index is -4.48. The first kappa shape index (κ1) is 23.5. The van der Waals surface area contributed by atoms with E-state index in [1.165, 1.54) is 24.3 Å². The zero-order valence-corrected chi connectivity index (χ0v) is 19.7. The van der Waals surface area contributed by atoms with E-state index in [1.54, 1.807) is 6.07 Å². The van der Waals surface area contributed by atoms with Gasteiger partial charge in [0, 0.05) is 11.1 Å². The van der Waals surface area contributed by atoms with Gasteiger partial charge in [0.05, 0.1) is 26.6 Å². The molecule has 172 valence electrons. The molecule has 0 radical (unpaired) electrons. The van der Waals surface area contributed by atoms with Crippen molar-refractivity contribution in [1.29, 1.82) is 0 Å². The lowest BCUT2D eigenvalue weighted by atomic mass is 9.87. The first-order valence-corrected chi connectivity index (χ1v) is 11.0. The number of rotatable bonds is 4. The van der Waals surface area contributed by atoms with Gasteiger partial charge in [0.2, 0.25) is 0 Å². The van der Waals surface area contributed by atoms with Gasteiger partial charge < -0.3 is 9.72 Å². The molecular formula is C25H21Cl2F3N2O. The van der Waals surface area contributed by atoms with Gasteiger partial charge in [-0.2, -0.15) is 13.2 Å². The maximum absolute atomic E-state index is 13.3. The molecule has 0 aliphatic rings. The highest BCUT2D eigenvalue weighted by Crippen LogP contribution is 2.38. The van der Waals surface area contributed by atoms with Gasteiger partial charge in [-0.3, -0.25) is 0 Å². The molecule has 3 aromatic carbocycles. The van der Waals surface area contributed by atoms with Crippen LogP contribution in [0.2, 0.25) is 10.0 Å². The van der Waals surface area contributed by atoms with Gasteiger partial charge in [0.25, 0.3) is 0 Å². The van der Waals surface area contributed by atoms with Crippen LogP contribution in [0, 0.1) is 0 Å². The van der Waals surface area contributed by atoms with Crippen LogP contribution in [0.3, 0.4) is 0 Å². The molecule has 0 saturated heterocycles. The predicted octanol–water partition coefficient (Wildman–Crippen LogP) is 8.43. The molecule has 4 aromatic rings. The molecule has 3 nitrogen and oxygen atoms in total. The van der Waals surface area contributed by atoms with E-state index in [0.717, 1.165) is 22.7 Å². The van der Waals surface area contributed by atoms with Crippen molar-refractivity contribution in [3.63, 3.8) is 0 Å². The molecule has 0 amide bonds. The normalized spacial score (nSPS) is 12.4. The van der Waals surface area contributed by atoms with E-state index in [4.69, 9.17) is 27.9 Å². The Morgan fingerprint density at radius 1 is 0.939 bits per heavy atom. The number of H-pyrrole nitrogens is 1. The number of aromatic amines is 1. The van der Waals surface area contributed by atoms with Gasteiger partial charge in [-0.25, -0.2) is 4.98 Å². The molecule has 33 heavy (non-hydrogen) atoms. The molecule has 0 aliphatic heterocycles. The minimum Gasteiger partial charge on any atom is -0.487 e. The fraction of sp³-hybridized carbons (Fsp3) is 0.240. The number of hydrogen-bond acceptors (Lipinski definition) is 2. The van der Waals surface area contributed by atoms with Crippen LogP contribution >= 0.6 is 23.2 Å². The van der Waals surface area contributed by atoms with Crippen LogP contribution in [0.15, 0.2) is 54.6 Å². The molecule has 1 aromatic heterocycles. The van der Waals surface area contributed by atoms with Crippen molar-refractivity contribution in [3.8, 4) is 17.1 Å². The monoisotopic (exact) mass is 492 g/mol. The molecular weight excluding hydrogens is 472 g/mol. The van der Waals surface area contributed by atoms with Gasteiger partial charge >= 0.3 is 6.18 Å². The van der Waals surface area contributed by atoms with E-state index in [1.807, 2.05) is 18.2 Å². The zero-order valence-electron chi connectivity index (χ0n) is 18.1. The third kappa shape index (κ3) is 4.97. The van der Waals surface area contributed by atoms with Crippen molar-refractivity contribution in [2.24, 2.45) is 0 Å². The summed E-state index contributed by atoms with van der Waals surface area (Å²) >= 11 is 12.7. The molecule has 0 saturated carbocycles. The van der Waals surface area contributed by atoms with Crippen LogP contribution < -0.4 is 4.74 Å². The number of halogens is 5. The first-order valence-electron chi connectivity index (χ1n) is 10.2. The standard InChI is InChI=1S/C25H21Cl2F3N2O/c1-24(2,3)15-8-9-20-21(10-15)32-23(31-20)16-11-22(19(27)12-18(16)26)33-13-14-6-4-5-7-17(14)25(28,29)30/h4-12H,13H2,1-3H3,(H,31,32). The van der Waals surface area contributed by atoms with Crippen molar-refractivity contribution in [2.75, 3.05) is 0 Å². The van der Waals surface area contributed by atoms with Gasteiger partial charge in [-0.1, -0.05) is 68.2 Å². The van der Waals surface area contributed by atoms with E-state index in [9.17, 15) is 13.2 Å². The van der Waals surface area contributed by atoms with Crippen LogP contribution in [0.1, 0.15) is 37.5 Å². The fourth-order valence-corrected chi connectivity index (χ4v) is 4.03. The third-order valence-electron chi connectivity index (χ3n) is 5.33. The molecule has 8 heteroatoms. The summed E-state index contributed by atoms with van der Waals surface area (Å²) in [5, 5.41) is 0.539. The van der Waals surface area contributed by atoms with Crippen molar-refractivity contribution >= 4 is 34.2 Å². The predicted molar refractivity (Wildman–Crippen MR) is 126 cm³/mol. The lowest BCUT2D eigenvalue weighted by molar-refractivity contribution is -0.138. The highest BCUT2D eigenvalue weighted by molar-refractivity contribution is 6.37. The van der Waals surface area contributed by atoms with Crippen molar-refractivity contribution in [1.82, 2.24) is 9.97 Å². The summed E-state index contributed by atoms with van der Waals surface area (Å²) < 4.78 is 45.5. The average Bonchev–Trinajstić information content (AvgIpc) is 3.15. The molecule has 1 N–H and O–H groups in total. The number of aromatic nitrogens is 2. The Kier molecular flexibility index (Phi) is 6.10. The maximum atomic E-state index is 13.3. The van der Waals surface area contributed by atoms with E-state index < -0.39 is 11.7 Å². The van der Waals surface area contributed by atoms with Crippen LogP contribution in [0.25, 0.3) is 22.4 Å². The molecule has 0 aliphatic carbocycles. The molecule has 0 fully saturated rings. The zero-order chi connectivity index (χ0) is 24.0. The smallest absolute Gasteiger partial charge is 0.416 e. The Labute approximate surface area is 199 Å². The molecule has 1 heterocycles. The summed E-state index contributed by atoms with van der Waals surface area (Å²) in [6.45, 7) is 6.08. The Balaban J connectivity index is 1.67. The van der Waals surface area contributed by atoms with Crippen LogP contribution in [-0.4, -0.2) is 9.97 Å². The molecule has 0 spiro atoms. The summed E-state index contributed by atoms with van der Waals surface area (Å²) in [5.41, 5.74) is 2.55. The van der Waals surface area contributed by atoms with Gasteiger partial charge in [-0.15, -0.1) is 0 Å². The van der Waals surface area contributed by atoms with Crippen molar-refractivity contribution < 1.29 is 17.9 Å². The number of fused-ring (bicyclic) bond motifs is 1. The fourth-order valence-electron chi connectivity index (χ4n) is 3.50. The molecule has 0 atom stereocenters. The quantitative estimate of drug-likeness (QED) is 0.310. The van der Waals surface area contributed by atoms with Gasteiger partial charge in [-0.05, 0) is 41.3 Å². The Morgan fingerprint density at radius 3 is 2.36 bits per heavy atom. The summed E-state index contributed by atoms with van der Waals surface area (Å²) in [6.07, 6.45) is -4.48. The van der Waals surface area contributed by atoms with E-state index in [2.05, 4.69) is 30.7 Å². The summed E-state index contributed by atoms with van der Waals surface area (Å²) in [5.74, 6) is 0.724. The Hall–Kier alpha value is -2.70. The Morgan fingerprint density at radius 2 is 1.67 bits per heavy atom. The SMILES string of the molecule is CC(C)(C)c1ccc2nc(-c3cc(OCc4ccccc4C(F)(F)F)c(Cl)cc3Cl)[nH]c2c1. The third-order valence-corrected chi connectivity index (χ3v) is 5.94. The van der Waals surface area contributed by atoms with Crippen molar-refractivity contribution in [2.45, 2.75) is 39.0 Å². The lowest BCUT2D eigenvalue weighted by Crippen LogP contribution is -2.10. The van der Waals surface area contributed by atoms with Crippen molar-refractivity contribution in [3.05, 3.63) is 81.3 Å². The largest absolute Gasteiger partial charge is 0.487 e. The molecule has 0 bridgehead atoms. The highest BCUT2D eigenvalue weighted by Gasteiger charge is 2.33. The average molecular weight is 493 g/mol. The number of nitrogens with zero attached hydrogens (tertiary/aromatic N) is 1. The van der Waals surface area contributed by atoms with Gasteiger partial charge in [0.1, 0.15) is 18.2 Å². The number of alkyl halides is 3. The van der Waals surface area contributed by atoms with Crippen LogP contribution in [0.5, 0.6) is 5.75 Å². The summed E-state index contributed by atoms with van der Waals surface area (Å²) in [6, 6.07) is 14.4. The molecule has 0 unspecified atom stereocenters. The second kappa shape index (κ2) is 8.58. The van der Waals surface area contributed by atoms with Crippen LogP contribution in [0.4, 0.5) is 13.2 Å². The second-order valence-electron chi connectivity index (χ2n) is 8.77. The molecule has 4 rings (SSSR count). The highest BCUT2D eigenvalue weighted by atomic mass is 35.5. The topological polar surface area (TPSA) is 37.9 Å². The number of imidazole rings is 1. The van der Waals surface area contributed by atoms with E-state index in [0.29, 0.717) is 16.4 Å². The summed E-state index contributed by atoms with van der Waals surface area (Å²) in [4.78, 5) is 7.89. The number of nitrogens with one attached hydrogen (secondary N) is 1. The lowest BCUT2D eigenvalue weighted by Gasteiger charge is -2.18. The number of ether oxygens (including phenoxy) is 1. The number of benzene rings is 3. The van der Waals surface area contributed by atoms with E-state index >= 15 is 0 Å². The maximum Gasteiger partial charge on any atom is 0.416 e.